The van der Waals surface area contributed by atoms with Gasteiger partial charge < -0.3 is 4.74 Å². The van der Waals surface area contributed by atoms with Crippen LogP contribution in [0.15, 0.2) is 30.6 Å². The zero-order valence-electron chi connectivity index (χ0n) is 11.9. The molecule has 0 aliphatic heterocycles. The number of hydrogen-bond acceptors (Lipinski definition) is 9. The van der Waals surface area contributed by atoms with Gasteiger partial charge in [-0.2, -0.15) is 4.98 Å². The fraction of sp³-hybridized carbons (Fsp3) is 0.167. The average molecular weight is 320 g/mol. The van der Waals surface area contributed by atoms with Gasteiger partial charge in [0.1, 0.15) is 6.33 Å². The second-order valence-corrected chi connectivity index (χ2v) is 4.12. The van der Waals surface area contributed by atoms with Crippen LogP contribution >= 0.6 is 0 Å². The van der Waals surface area contributed by atoms with Crippen LogP contribution in [0.5, 0.6) is 5.88 Å². The predicted molar refractivity (Wildman–Crippen MR) is 80.2 cm³/mol. The molecule has 0 saturated carbocycles. The molecule has 0 amide bonds. The standard InChI is InChI=1S/C12H12N6O5/c1-2-23-12-10(18(21)22)11(13-7-14-12)16-15-8-3-5-9(6-4-8)17(19)20/h3-7,15H,2H2,1H3,(H,13,14,16). The summed E-state index contributed by atoms with van der Waals surface area (Å²) in [5.74, 6) is -0.243. The lowest BCUT2D eigenvalue weighted by atomic mass is 10.3. The van der Waals surface area contributed by atoms with Gasteiger partial charge in [0.2, 0.25) is 5.82 Å². The molecule has 0 bridgehead atoms. The number of hydrazine groups is 1. The van der Waals surface area contributed by atoms with Crippen LogP contribution in [0.1, 0.15) is 6.92 Å². The lowest BCUT2D eigenvalue weighted by Crippen LogP contribution is -2.13. The number of aromatic nitrogens is 2. The number of rotatable bonds is 7. The first-order chi connectivity index (χ1) is 11.0. The smallest absolute Gasteiger partial charge is 0.374 e. The molecule has 0 spiro atoms. The zero-order chi connectivity index (χ0) is 16.8. The third-order valence-corrected chi connectivity index (χ3v) is 2.66. The van der Waals surface area contributed by atoms with Crippen LogP contribution in [0.3, 0.4) is 0 Å². The maximum absolute atomic E-state index is 11.2. The van der Waals surface area contributed by atoms with Crippen molar-refractivity contribution in [3.8, 4) is 5.88 Å². The molecule has 0 aliphatic rings. The molecule has 11 heteroatoms. The molecule has 0 radical (unpaired) electrons. The minimum Gasteiger partial charge on any atom is -0.473 e. The zero-order valence-corrected chi connectivity index (χ0v) is 11.9. The maximum atomic E-state index is 11.2. The molecular weight excluding hydrogens is 308 g/mol. The molecule has 2 rings (SSSR count). The Labute approximate surface area is 129 Å². The second kappa shape index (κ2) is 6.98. The number of hydrogen-bond donors (Lipinski definition) is 2. The second-order valence-electron chi connectivity index (χ2n) is 4.12. The summed E-state index contributed by atoms with van der Waals surface area (Å²) < 4.78 is 5.10. The summed E-state index contributed by atoms with van der Waals surface area (Å²) in [7, 11) is 0. The first-order valence-corrected chi connectivity index (χ1v) is 6.41. The van der Waals surface area contributed by atoms with Gasteiger partial charge in [-0.15, -0.1) is 0 Å². The maximum Gasteiger partial charge on any atom is 0.374 e. The first kappa shape index (κ1) is 15.9. The van der Waals surface area contributed by atoms with Crippen LogP contribution in [-0.2, 0) is 0 Å². The van der Waals surface area contributed by atoms with Crippen molar-refractivity contribution >= 4 is 22.9 Å². The molecule has 0 fully saturated rings. The van der Waals surface area contributed by atoms with E-state index in [0.29, 0.717) is 5.69 Å². The Kier molecular flexibility index (Phi) is 4.82. The van der Waals surface area contributed by atoms with Crippen molar-refractivity contribution in [2.24, 2.45) is 0 Å². The Hall–Kier alpha value is -3.50. The fourth-order valence-corrected chi connectivity index (χ4v) is 1.66. The number of anilines is 2. The first-order valence-electron chi connectivity index (χ1n) is 6.41. The highest BCUT2D eigenvalue weighted by Gasteiger charge is 2.24. The molecule has 11 nitrogen and oxygen atoms in total. The lowest BCUT2D eigenvalue weighted by molar-refractivity contribution is -0.385. The Morgan fingerprint density at radius 2 is 1.78 bits per heavy atom. The van der Waals surface area contributed by atoms with Crippen LogP contribution in [0.4, 0.5) is 22.9 Å². The Bertz CT molecular complexity index is 720. The number of benzene rings is 1. The molecule has 120 valence electrons. The minimum absolute atomic E-state index is 0.0674. The Morgan fingerprint density at radius 1 is 1.09 bits per heavy atom. The third kappa shape index (κ3) is 3.78. The lowest BCUT2D eigenvalue weighted by Gasteiger charge is -2.10. The molecule has 0 atom stereocenters. The van der Waals surface area contributed by atoms with Crippen molar-refractivity contribution in [1.29, 1.82) is 0 Å². The van der Waals surface area contributed by atoms with E-state index < -0.39 is 15.5 Å². The SMILES string of the molecule is CCOc1ncnc(NNc2ccc([N+](=O)[O-])cc2)c1[N+](=O)[O-]. The summed E-state index contributed by atoms with van der Waals surface area (Å²) in [4.78, 5) is 28.0. The Morgan fingerprint density at radius 3 is 2.35 bits per heavy atom. The van der Waals surface area contributed by atoms with Crippen molar-refractivity contribution in [2.45, 2.75) is 6.92 Å². The van der Waals surface area contributed by atoms with Gasteiger partial charge in [-0.05, 0) is 19.1 Å². The van der Waals surface area contributed by atoms with Gasteiger partial charge in [0, 0.05) is 12.1 Å². The van der Waals surface area contributed by atoms with Gasteiger partial charge in [-0.25, -0.2) is 4.98 Å². The summed E-state index contributed by atoms with van der Waals surface area (Å²) in [5, 5.41) is 21.7. The van der Waals surface area contributed by atoms with E-state index in [1.165, 1.54) is 24.3 Å². The molecule has 2 N–H and O–H groups in total. The molecule has 0 aliphatic carbocycles. The van der Waals surface area contributed by atoms with Gasteiger partial charge >= 0.3 is 5.69 Å². The number of nitro groups is 2. The van der Waals surface area contributed by atoms with E-state index in [1.807, 2.05) is 0 Å². The van der Waals surface area contributed by atoms with Crippen LogP contribution in [0, 0.1) is 20.2 Å². The molecule has 1 aromatic carbocycles. The topological polar surface area (TPSA) is 145 Å². The van der Waals surface area contributed by atoms with E-state index in [1.54, 1.807) is 6.92 Å². The normalized spacial score (nSPS) is 9.96. The van der Waals surface area contributed by atoms with E-state index in [4.69, 9.17) is 4.74 Å². The number of nitrogens with zero attached hydrogens (tertiary/aromatic N) is 4. The molecule has 2 aromatic rings. The third-order valence-electron chi connectivity index (χ3n) is 2.66. The minimum atomic E-state index is -0.662. The van der Waals surface area contributed by atoms with Crippen molar-refractivity contribution in [3.63, 3.8) is 0 Å². The number of ether oxygens (including phenoxy) is 1. The van der Waals surface area contributed by atoms with Gasteiger partial charge in [0.15, 0.2) is 0 Å². The average Bonchev–Trinajstić information content (AvgIpc) is 2.53. The summed E-state index contributed by atoms with van der Waals surface area (Å²) in [6, 6.07) is 5.48. The quantitative estimate of drug-likeness (QED) is 0.578. The van der Waals surface area contributed by atoms with Crippen LogP contribution in [0.2, 0.25) is 0 Å². The van der Waals surface area contributed by atoms with Crippen LogP contribution in [-0.4, -0.2) is 26.4 Å². The van der Waals surface area contributed by atoms with Crippen LogP contribution < -0.4 is 15.6 Å². The van der Waals surface area contributed by atoms with E-state index in [2.05, 4.69) is 20.8 Å². The molecule has 0 saturated heterocycles. The summed E-state index contributed by atoms with van der Waals surface area (Å²) in [6.45, 7) is 1.89. The van der Waals surface area contributed by atoms with Gasteiger partial charge in [-0.1, -0.05) is 0 Å². The number of nitrogens with one attached hydrogen (secondary N) is 2. The van der Waals surface area contributed by atoms with Gasteiger partial charge in [0.05, 0.1) is 22.1 Å². The number of non-ortho nitro benzene ring substituents is 1. The number of nitro benzene ring substituents is 1. The summed E-state index contributed by atoms with van der Waals surface area (Å²) in [5.41, 5.74) is 5.21. The van der Waals surface area contributed by atoms with E-state index in [-0.39, 0.29) is 24.0 Å². The predicted octanol–water partition coefficient (Wildman–Crippen LogP) is 2.13. The van der Waals surface area contributed by atoms with E-state index in [0.717, 1.165) is 6.33 Å². The van der Waals surface area contributed by atoms with Crippen molar-refractivity contribution in [1.82, 2.24) is 9.97 Å². The van der Waals surface area contributed by atoms with Crippen molar-refractivity contribution in [2.75, 3.05) is 17.5 Å². The molecule has 23 heavy (non-hydrogen) atoms. The summed E-state index contributed by atoms with van der Waals surface area (Å²) in [6.07, 6.45) is 1.12. The summed E-state index contributed by atoms with van der Waals surface area (Å²) >= 11 is 0. The molecular formula is C12H12N6O5. The van der Waals surface area contributed by atoms with Crippen LogP contribution in [0.25, 0.3) is 0 Å². The van der Waals surface area contributed by atoms with E-state index in [9.17, 15) is 20.2 Å². The van der Waals surface area contributed by atoms with Crippen molar-refractivity contribution < 1.29 is 14.6 Å². The largest absolute Gasteiger partial charge is 0.473 e. The van der Waals surface area contributed by atoms with Gasteiger partial charge in [-0.3, -0.25) is 31.1 Å². The Balaban J connectivity index is 2.18. The van der Waals surface area contributed by atoms with Crippen molar-refractivity contribution in [3.05, 3.63) is 50.8 Å². The highest BCUT2D eigenvalue weighted by molar-refractivity contribution is 5.64. The molecule has 1 heterocycles. The highest BCUT2D eigenvalue weighted by Crippen LogP contribution is 2.30. The highest BCUT2D eigenvalue weighted by atomic mass is 16.6. The van der Waals surface area contributed by atoms with E-state index >= 15 is 0 Å². The monoisotopic (exact) mass is 320 g/mol. The molecule has 0 unspecified atom stereocenters. The molecule has 1 aromatic heterocycles. The fourth-order valence-electron chi connectivity index (χ4n) is 1.66. The van der Waals surface area contributed by atoms with Gasteiger partial charge in [0.25, 0.3) is 11.6 Å².